The molecule has 3 aliphatic rings. The number of carbonyl (C=O) groups is 5. The quantitative estimate of drug-likeness (QED) is 0.0993. The number of hydrogen-bond donors (Lipinski definition) is 3. The molecule has 3 aromatic heterocycles. The molecule has 23 heteroatoms. The number of likely N-dealkylation sites (tertiary alicyclic amines) is 1. The van der Waals surface area contributed by atoms with E-state index < -0.39 is 46.7 Å². The summed E-state index contributed by atoms with van der Waals surface area (Å²) >= 11 is 6.63. The van der Waals surface area contributed by atoms with Crippen molar-refractivity contribution in [1.82, 2.24) is 39.0 Å². The van der Waals surface area contributed by atoms with Gasteiger partial charge in [0.05, 0.1) is 39.9 Å². The molecule has 5 amide bonds. The third-order valence-electron chi connectivity index (χ3n) is 14.5. The van der Waals surface area contributed by atoms with Gasteiger partial charge in [-0.3, -0.25) is 24.2 Å². The van der Waals surface area contributed by atoms with Crippen LogP contribution in [0.1, 0.15) is 90.7 Å². The topological polar surface area (TPSA) is 224 Å². The SMILES string of the molecule is Cn1c(-c2cn(-c3ccc(N(CCC(N)=O)C(=O)OCC4c5ccccc5-c5ccccc54)cn3)nc2C(F)(F)F)cnc1C(=O)Nc1ccc(C(=O)N2CCN(C(C)(O)C3CCN(C(=O)OC(C)(C)C)CC3)CC2)c(Cl)c1. The van der Waals surface area contributed by atoms with Crippen LogP contribution in [0, 0.1) is 5.92 Å². The lowest BCUT2D eigenvalue weighted by Crippen LogP contribution is -2.61. The van der Waals surface area contributed by atoms with Crippen LogP contribution in [-0.2, 0) is 27.5 Å². The van der Waals surface area contributed by atoms with E-state index >= 15 is 0 Å². The largest absolute Gasteiger partial charge is 0.448 e. The molecule has 19 nitrogen and oxygen atoms in total. The molecule has 1 unspecified atom stereocenters. The second-order valence-electron chi connectivity index (χ2n) is 20.7. The fourth-order valence-corrected chi connectivity index (χ4v) is 10.6. The number of nitrogens with zero attached hydrogens (tertiary/aromatic N) is 9. The van der Waals surface area contributed by atoms with E-state index in [9.17, 15) is 42.3 Å². The number of pyridine rings is 1. The molecule has 1 aliphatic carbocycles. The molecule has 5 heterocycles. The molecule has 0 saturated carbocycles. The third-order valence-corrected chi connectivity index (χ3v) is 14.8. The Balaban J connectivity index is 0.834. The van der Waals surface area contributed by atoms with Crippen molar-refractivity contribution in [3.8, 4) is 28.2 Å². The Hall–Kier alpha value is -7.82. The molecule has 0 bridgehead atoms. The zero-order valence-electron chi connectivity index (χ0n) is 43.6. The lowest BCUT2D eigenvalue weighted by molar-refractivity contribution is -0.156. The van der Waals surface area contributed by atoms with Crippen molar-refractivity contribution in [2.45, 2.75) is 70.4 Å². The molecule has 0 spiro atoms. The first-order valence-corrected chi connectivity index (χ1v) is 25.8. The van der Waals surface area contributed by atoms with Crippen LogP contribution in [0.5, 0.6) is 0 Å². The average Bonchev–Trinajstić information content (AvgIpc) is 4.17. The average molecular weight is 1090 g/mol. The number of alkyl halides is 3. The van der Waals surface area contributed by atoms with Gasteiger partial charge in [0.15, 0.2) is 17.3 Å². The number of nitrogens with one attached hydrogen (secondary N) is 1. The number of fused-ring (bicyclic) bond motifs is 3. The predicted molar refractivity (Wildman–Crippen MR) is 283 cm³/mol. The summed E-state index contributed by atoms with van der Waals surface area (Å²) in [7, 11) is 1.37. The first kappa shape index (κ1) is 55.0. The number of benzene rings is 3. The smallest absolute Gasteiger partial charge is 0.435 e. The van der Waals surface area contributed by atoms with Crippen LogP contribution in [-0.4, -0.2) is 138 Å². The van der Waals surface area contributed by atoms with Crippen LogP contribution in [0.4, 0.5) is 34.1 Å². The van der Waals surface area contributed by atoms with Gasteiger partial charge in [-0.1, -0.05) is 60.1 Å². The van der Waals surface area contributed by atoms with E-state index in [0.29, 0.717) is 52.1 Å². The van der Waals surface area contributed by atoms with Gasteiger partial charge in [0, 0.05) is 83.0 Å². The minimum absolute atomic E-state index is 0.0145. The van der Waals surface area contributed by atoms with Crippen molar-refractivity contribution in [3.63, 3.8) is 0 Å². The van der Waals surface area contributed by atoms with Gasteiger partial charge in [-0.15, -0.1) is 0 Å². The Kier molecular flexibility index (Phi) is 15.4. The molecule has 9 rings (SSSR count). The van der Waals surface area contributed by atoms with Gasteiger partial charge in [-0.25, -0.2) is 24.2 Å². The summed E-state index contributed by atoms with van der Waals surface area (Å²) in [6.45, 7) is 9.36. The first-order valence-electron chi connectivity index (χ1n) is 25.4. The number of amides is 5. The highest BCUT2D eigenvalue weighted by Gasteiger charge is 2.43. The number of aliphatic hydroxyl groups is 1. The molecule has 0 radical (unpaired) electrons. The zero-order valence-corrected chi connectivity index (χ0v) is 44.3. The van der Waals surface area contributed by atoms with Crippen LogP contribution in [0.25, 0.3) is 28.2 Å². The Labute approximate surface area is 452 Å². The van der Waals surface area contributed by atoms with E-state index in [1.165, 1.54) is 53.0 Å². The predicted octanol–water partition coefficient (Wildman–Crippen LogP) is 8.34. The number of anilines is 2. The summed E-state index contributed by atoms with van der Waals surface area (Å²) in [6.07, 6.45) is -1.73. The van der Waals surface area contributed by atoms with Crippen molar-refractivity contribution in [3.05, 3.63) is 131 Å². The number of piperidine rings is 1. The van der Waals surface area contributed by atoms with Crippen molar-refractivity contribution < 1.29 is 51.7 Å². The summed E-state index contributed by atoms with van der Waals surface area (Å²) in [6, 6.07) is 22.8. The maximum Gasteiger partial charge on any atom is 0.435 e. The number of ether oxygens (including phenoxy) is 2. The van der Waals surface area contributed by atoms with Crippen molar-refractivity contribution in [1.29, 1.82) is 0 Å². The molecule has 410 valence electrons. The molecule has 3 aromatic carbocycles. The molecule has 2 saturated heterocycles. The molecule has 2 aliphatic heterocycles. The van der Waals surface area contributed by atoms with Gasteiger partial charge in [-0.2, -0.15) is 18.3 Å². The minimum atomic E-state index is -4.96. The van der Waals surface area contributed by atoms with Gasteiger partial charge in [0.2, 0.25) is 5.91 Å². The minimum Gasteiger partial charge on any atom is -0.448 e. The number of imidazole rings is 1. The Morgan fingerprint density at radius 1 is 0.833 bits per heavy atom. The normalized spacial score (nSPS) is 16.0. The Morgan fingerprint density at radius 2 is 1.49 bits per heavy atom. The van der Waals surface area contributed by atoms with E-state index in [2.05, 4.69) is 20.4 Å². The van der Waals surface area contributed by atoms with Crippen LogP contribution < -0.4 is 16.0 Å². The number of nitrogens with two attached hydrogens (primary N) is 1. The molecule has 4 N–H and O–H groups in total. The van der Waals surface area contributed by atoms with Crippen LogP contribution in [0.3, 0.4) is 0 Å². The van der Waals surface area contributed by atoms with Crippen molar-refractivity contribution in [2.24, 2.45) is 18.7 Å². The first-order chi connectivity index (χ1) is 37.0. The second kappa shape index (κ2) is 21.9. The number of halogens is 4. The van der Waals surface area contributed by atoms with E-state index in [1.807, 2.05) is 74.2 Å². The molecule has 1 atom stereocenters. The summed E-state index contributed by atoms with van der Waals surface area (Å²) in [5, 5.41) is 18.2. The second-order valence-corrected chi connectivity index (χ2v) is 21.1. The summed E-state index contributed by atoms with van der Waals surface area (Å²) < 4.78 is 57.5. The van der Waals surface area contributed by atoms with Gasteiger partial charge in [-0.05, 0) is 93.1 Å². The van der Waals surface area contributed by atoms with Gasteiger partial charge < -0.3 is 40.0 Å². The number of carbonyl (C=O) groups excluding carboxylic acids is 5. The molecule has 78 heavy (non-hydrogen) atoms. The molecular formula is C55H59ClF3N11O8. The monoisotopic (exact) mass is 1090 g/mol. The summed E-state index contributed by atoms with van der Waals surface area (Å²) in [5.74, 6) is -2.47. The highest BCUT2D eigenvalue weighted by atomic mass is 35.5. The van der Waals surface area contributed by atoms with Crippen LogP contribution in [0.15, 0.2) is 97.5 Å². The molecule has 2 fully saturated rings. The lowest BCUT2D eigenvalue weighted by atomic mass is 9.86. The highest BCUT2D eigenvalue weighted by molar-refractivity contribution is 6.34. The van der Waals surface area contributed by atoms with E-state index in [1.54, 1.807) is 16.7 Å². The van der Waals surface area contributed by atoms with Crippen LogP contribution in [0.2, 0.25) is 5.02 Å². The van der Waals surface area contributed by atoms with Crippen molar-refractivity contribution >= 4 is 52.9 Å². The fourth-order valence-electron chi connectivity index (χ4n) is 10.3. The third kappa shape index (κ3) is 11.6. The van der Waals surface area contributed by atoms with E-state index in [-0.39, 0.29) is 82.7 Å². The number of hydrogen-bond acceptors (Lipinski definition) is 12. The Bertz CT molecular complexity index is 3200. The van der Waals surface area contributed by atoms with Gasteiger partial charge in [0.25, 0.3) is 11.8 Å². The number of piperazine rings is 1. The van der Waals surface area contributed by atoms with E-state index in [4.69, 9.17) is 26.8 Å². The number of rotatable bonds is 13. The van der Waals surface area contributed by atoms with Crippen LogP contribution >= 0.6 is 11.6 Å². The number of primary amides is 1. The zero-order chi connectivity index (χ0) is 55.8. The summed E-state index contributed by atoms with van der Waals surface area (Å²) in [5.41, 5.74) is 6.47. The number of aromatic nitrogens is 5. The fraction of sp³-hybridized carbons (Fsp3) is 0.382. The maximum atomic E-state index is 14.7. The van der Waals surface area contributed by atoms with Crippen molar-refractivity contribution in [2.75, 3.05) is 62.6 Å². The lowest BCUT2D eigenvalue weighted by Gasteiger charge is -2.48. The Morgan fingerprint density at radius 3 is 2.08 bits per heavy atom. The highest BCUT2D eigenvalue weighted by Crippen LogP contribution is 2.45. The summed E-state index contributed by atoms with van der Waals surface area (Å²) in [4.78, 5) is 80.4. The molecule has 6 aromatic rings. The molecular weight excluding hydrogens is 1040 g/mol. The maximum absolute atomic E-state index is 14.7. The van der Waals surface area contributed by atoms with Gasteiger partial charge in [0.1, 0.15) is 17.9 Å². The standard InChI is InChI=1S/C55H59ClF3N11O8/c1-53(2,3)78-51(74)67-21-18-33(19-22-67)54(4,76)68-26-24-66(25-27-68)50(73)40-16-14-34(28-43(40)56)63-49(72)48-62-30-44(65(48)5)41-31-70(64-47(41)55(57,58)59)46-17-15-35(29-61-46)69(23-20-45(60)71)52(75)77-32-42-38-12-8-6-10-36(38)37-11-7-9-13-39(37)42/h6-17,28-31,33,42,76H,18-27,32H2,1-5H3,(H2,60,71)(H,63,72). The van der Waals surface area contributed by atoms with Gasteiger partial charge >= 0.3 is 18.4 Å². The van der Waals surface area contributed by atoms with E-state index in [0.717, 1.165) is 39.3 Å².